The lowest BCUT2D eigenvalue weighted by molar-refractivity contribution is 0.367. The second kappa shape index (κ2) is 7.15. The molecule has 1 aromatic heterocycles. The first-order chi connectivity index (χ1) is 12.1. The topological polar surface area (TPSA) is 83.2 Å². The van der Waals surface area contributed by atoms with Crippen LogP contribution in [0.2, 0.25) is 0 Å². The van der Waals surface area contributed by atoms with E-state index in [4.69, 9.17) is 22.4 Å². The number of aryl methyl sites for hydroxylation is 1. The molecule has 3 aromatic rings. The summed E-state index contributed by atoms with van der Waals surface area (Å²) in [7, 11) is 0. The number of hydrogen-bond donors (Lipinski definition) is 1. The van der Waals surface area contributed by atoms with Crippen LogP contribution < -0.4 is 10.1 Å². The largest absolute Gasteiger partial charge is 0.476 e. The number of anilines is 2. The average Bonchev–Trinajstić information content (AvgIpc) is 2.61. The molecule has 3 rings (SSSR count). The Hall–Kier alpha value is -3.18. The number of fused-ring (bicyclic) bond motifs is 1. The Bertz CT molecular complexity index is 1000. The lowest BCUT2D eigenvalue weighted by atomic mass is 10.1. The lowest BCUT2D eigenvalue weighted by Gasteiger charge is -2.14. The maximum atomic E-state index is 13.5. The van der Waals surface area contributed by atoms with Gasteiger partial charge in [-0.1, -0.05) is 0 Å². The van der Waals surface area contributed by atoms with Gasteiger partial charge in [0.1, 0.15) is 29.8 Å². The van der Waals surface area contributed by atoms with Gasteiger partial charge in [0, 0.05) is 23.9 Å². The van der Waals surface area contributed by atoms with Crippen molar-refractivity contribution >= 4 is 40.5 Å². The Labute approximate surface area is 148 Å². The molecule has 1 heterocycles. The molecular weight excluding hydrogens is 341 g/mol. The van der Waals surface area contributed by atoms with Crippen LogP contribution in [0, 0.1) is 24.1 Å². The number of hydrogen-bond acceptors (Lipinski definition) is 7. The van der Waals surface area contributed by atoms with E-state index in [9.17, 15) is 4.39 Å². The second-order valence-electron chi connectivity index (χ2n) is 5.18. The monoisotopic (exact) mass is 353 g/mol. The molecule has 0 atom stereocenters. The maximum Gasteiger partial charge on any atom is 0.174 e. The molecule has 0 saturated carbocycles. The van der Waals surface area contributed by atoms with Crippen LogP contribution >= 0.6 is 0 Å². The number of rotatable bonds is 5. The number of nitrogens with one attached hydrogen (secondary N) is 1. The van der Waals surface area contributed by atoms with Crippen LogP contribution in [0.3, 0.4) is 0 Å². The Morgan fingerprint density at radius 2 is 2.16 bits per heavy atom. The molecule has 2 aromatic carbocycles. The SMILES string of the molecule is Cc1cc(N=S)cc2ncnc(Nc3ccc(F)cc3OCC#N)c12. The van der Waals surface area contributed by atoms with Crippen LogP contribution in [0.15, 0.2) is 41.0 Å². The molecule has 6 nitrogen and oxygen atoms in total. The Morgan fingerprint density at radius 3 is 2.92 bits per heavy atom. The lowest BCUT2D eigenvalue weighted by Crippen LogP contribution is -2.02. The van der Waals surface area contributed by atoms with Crippen molar-refractivity contribution in [2.45, 2.75) is 6.92 Å². The van der Waals surface area contributed by atoms with Gasteiger partial charge in [0.2, 0.25) is 0 Å². The van der Waals surface area contributed by atoms with E-state index in [-0.39, 0.29) is 12.4 Å². The summed E-state index contributed by atoms with van der Waals surface area (Å²) in [5.74, 6) is 0.300. The highest BCUT2D eigenvalue weighted by atomic mass is 32.1. The predicted molar refractivity (Wildman–Crippen MR) is 94.5 cm³/mol. The van der Waals surface area contributed by atoms with Gasteiger partial charge in [-0.25, -0.2) is 14.4 Å². The summed E-state index contributed by atoms with van der Waals surface area (Å²) in [5, 5.41) is 12.6. The number of nitrogens with zero attached hydrogens (tertiary/aromatic N) is 4. The Morgan fingerprint density at radius 1 is 1.32 bits per heavy atom. The smallest absolute Gasteiger partial charge is 0.174 e. The second-order valence-corrected chi connectivity index (χ2v) is 5.37. The van der Waals surface area contributed by atoms with Crippen LogP contribution in [0.1, 0.15) is 5.56 Å². The third-order valence-electron chi connectivity index (χ3n) is 3.51. The van der Waals surface area contributed by atoms with Crippen LogP contribution in [-0.4, -0.2) is 16.6 Å². The van der Waals surface area contributed by atoms with Crippen molar-refractivity contribution in [3.63, 3.8) is 0 Å². The third-order valence-corrected chi connectivity index (χ3v) is 3.73. The van der Waals surface area contributed by atoms with Crippen molar-refractivity contribution in [3.05, 3.63) is 48.0 Å². The molecule has 25 heavy (non-hydrogen) atoms. The molecule has 0 amide bonds. The third kappa shape index (κ3) is 3.51. The Kier molecular flexibility index (Phi) is 4.77. The highest BCUT2D eigenvalue weighted by Gasteiger charge is 2.12. The number of aromatic nitrogens is 2. The van der Waals surface area contributed by atoms with Crippen LogP contribution in [0.4, 0.5) is 21.6 Å². The number of nitriles is 1. The fourth-order valence-electron chi connectivity index (χ4n) is 2.48. The van der Waals surface area contributed by atoms with Gasteiger partial charge in [0.05, 0.1) is 16.9 Å². The van der Waals surface area contributed by atoms with Crippen molar-refractivity contribution in [1.82, 2.24) is 9.97 Å². The van der Waals surface area contributed by atoms with Crippen molar-refractivity contribution in [3.8, 4) is 11.8 Å². The molecule has 0 bridgehead atoms. The van der Waals surface area contributed by atoms with Crippen molar-refractivity contribution in [2.75, 3.05) is 11.9 Å². The van der Waals surface area contributed by atoms with E-state index in [1.54, 1.807) is 6.07 Å². The van der Waals surface area contributed by atoms with Crippen LogP contribution in [-0.2, 0) is 12.4 Å². The first kappa shape index (κ1) is 16.7. The molecular formula is C17H12FN5OS. The molecule has 0 aliphatic heterocycles. The summed E-state index contributed by atoms with van der Waals surface area (Å²) >= 11 is 4.74. The molecule has 0 aliphatic rings. The molecule has 0 radical (unpaired) electrons. The van der Waals surface area contributed by atoms with E-state index in [0.29, 0.717) is 22.7 Å². The highest BCUT2D eigenvalue weighted by Crippen LogP contribution is 2.33. The summed E-state index contributed by atoms with van der Waals surface area (Å²) in [6.07, 6.45) is 1.41. The standard InChI is InChI=1S/C17H12FN5OS/c1-10-6-12(23-25)8-14-16(10)17(21-9-20-14)22-13-3-2-11(18)7-15(13)24-5-4-19/h2-3,6-9H,5H2,1H3,(H,20,21,22). The summed E-state index contributed by atoms with van der Waals surface area (Å²) in [4.78, 5) is 8.52. The molecule has 124 valence electrons. The minimum Gasteiger partial charge on any atom is -0.476 e. The van der Waals surface area contributed by atoms with E-state index in [0.717, 1.165) is 10.9 Å². The van der Waals surface area contributed by atoms with E-state index in [2.05, 4.69) is 19.6 Å². The molecule has 0 spiro atoms. The van der Waals surface area contributed by atoms with E-state index >= 15 is 0 Å². The van der Waals surface area contributed by atoms with Gasteiger partial charge in [0.25, 0.3) is 0 Å². The molecule has 8 heteroatoms. The van der Waals surface area contributed by atoms with Gasteiger partial charge in [-0.05, 0) is 36.8 Å². The zero-order chi connectivity index (χ0) is 17.8. The first-order valence-electron chi connectivity index (χ1n) is 7.27. The molecule has 1 N–H and O–H groups in total. The Balaban J connectivity index is 2.07. The van der Waals surface area contributed by atoms with Gasteiger partial charge in [0.15, 0.2) is 6.61 Å². The minimum atomic E-state index is -0.459. The summed E-state index contributed by atoms with van der Waals surface area (Å²) in [5.41, 5.74) is 2.71. The number of ether oxygens (including phenoxy) is 1. The first-order valence-corrected chi connectivity index (χ1v) is 7.64. The zero-order valence-electron chi connectivity index (χ0n) is 13.2. The summed E-state index contributed by atoms with van der Waals surface area (Å²) < 4.78 is 22.5. The van der Waals surface area contributed by atoms with Crippen molar-refractivity contribution in [1.29, 1.82) is 5.26 Å². The number of halogens is 1. The molecule has 0 unspecified atom stereocenters. The van der Waals surface area contributed by atoms with Gasteiger partial charge in [-0.3, -0.25) is 0 Å². The van der Waals surface area contributed by atoms with Gasteiger partial charge in [-0.15, -0.1) is 0 Å². The molecule has 0 saturated heterocycles. The van der Waals surface area contributed by atoms with Crippen LogP contribution in [0.5, 0.6) is 5.75 Å². The van der Waals surface area contributed by atoms with Crippen LogP contribution in [0.25, 0.3) is 10.9 Å². The zero-order valence-corrected chi connectivity index (χ0v) is 14.0. The molecule has 0 aliphatic carbocycles. The van der Waals surface area contributed by atoms with E-state index in [1.165, 1.54) is 24.5 Å². The number of benzene rings is 2. The minimum absolute atomic E-state index is 0.189. The quantitative estimate of drug-likeness (QED) is 0.744. The summed E-state index contributed by atoms with van der Waals surface area (Å²) in [6, 6.07) is 9.49. The van der Waals surface area contributed by atoms with Crippen molar-refractivity contribution < 1.29 is 9.13 Å². The van der Waals surface area contributed by atoms with Gasteiger partial charge >= 0.3 is 0 Å². The van der Waals surface area contributed by atoms with Gasteiger partial charge < -0.3 is 10.1 Å². The fourth-order valence-corrected chi connectivity index (χ4v) is 2.58. The predicted octanol–water partition coefficient (Wildman–Crippen LogP) is 4.09. The molecule has 0 fully saturated rings. The summed E-state index contributed by atoms with van der Waals surface area (Å²) in [6.45, 7) is 1.71. The highest BCUT2D eigenvalue weighted by molar-refractivity contribution is 7.47. The van der Waals surface area contributed by atoms with E-state index in [1.807, 2.05) is 19.1 Å². The van der Waals surface area contributed by atoms with Crippen molar-refractivity contribution in [2.24, 2.45) is 4.36 Å². The average molecular weight is 353 g/mol. The fraction of sp³-hybridized carbons (Fsp3) is 0.118. The van der Waals surface area contributed by atoms with E-state index < -0.39 is 5.82 Å². The normalized spacial score (nSPS) is 10.3. The maximum absolute atomic E-state index is 13.5. The van der Waals surface area contributed by atoms with Gasteiger partial charge in [-0.2, -0.15) is 9.62 Å².